The number of hydrogen-bond acceptors (Lipinski definition) is 6. The van der Waals surface area contributed by atoms with Crippen LogP contribution in [0.1, 0.15) is 24.0 Å². The molecule has 3 rings (SSSR count). The minimum Gasteiger partial charge on any atom is -0.497 e. The number of aryl methyl sites for hydroxylation is 2. The lowest BCUT2D eigenvalue weighted by Gasteiger charge is -2.24. The monoisotopic (exact) mass is 432 g/mol. The zero-order chi connectivity index (χ0) is 22.1. The van der Waals surface area contributed by atoms with E-state index in [4.69, 9.17) is 9.47 Å². The van der Waals surface area contributed by atoms with E-state index >= 15 is 0 Å². The van der Waals surface area contributed by atoms with Crippen molar-refractivity contribution in [2.24, 2.45) is 0 Å². The van der Waals surface area contributed by atoms with Crippen LogP contribution in [0, 0.1) is 13.8 Å². The summed E-state index contributed by atoms with van der Waals surface area (Å²) in [5.74, 6) is -0.337. The molecule has 1 heterocycles. The molecule has 0 aromatic heterocycles. The third-order valence-electron chi connectivity index (χ3n) is 5.16. The van der Waals surface area contributed by atoms with Gasteiger partial charge in [-0.1, -0.05) is 6.07 Å². The standard InChI is InChI=1S/C21H24N2O6S/c1-13-5-7-16(11-14(13)2)30(26,27)23-18(8-10-20(23)24)21(25)22-17-12-15(28-3)6-9-19(17)29-4/h5-7,9,11-12,18H,8,10H2,1-4H3,(H,22,25)/t18-/m0/s1. The number of sulfonamides is 1. The molecule has 1 fully saturated rings. The molecule has 2 aromatic carbocycles. The number of nitrogens with zero attached hydrogens (tertiary/aromatic N) is 1. The summed E-state index contributed by atoms with van der Waals surface area (Å²) in [7, 11) is -1.24. The van der Waals surface area contributed by atoms with Gasteiger partial charge in [-0.3, -0.25) is 9.59 Å². The van der Waals surface area contributed by atoms with Crippen LogP contribution in [0.2, 0.25) is 0 Å². The zero-order valence-corrected chi connectivity index (χ0v) is 18.1. The highest BCUT2D eigenvalue weighted by Gasteiger charge is 2.44. The molecular formula is C21H24N2O6S. The number of carbonyl (C=O) groups is 2. The maximum absolute atomic E-state index is 13.2. The van der Waals surface area contributed by atoms with Crippen molar-refractivity contribution in [3.63, 3.8) is 0 Å². The van der Waals surface area contributed by atoms with Crippen molar-refractivity contribution in [2.75, 3.05) is 19.5 Å². The van der Waals surface area contributed by atoms with Gasteiger partial charge in [0.15, 0.2) is 0 Å². The number of rotatable bonds is 6. The van der Waals surface area contributed by atoms with E-state index in [9.17, 15) is 18.0 Å². The van der Waals surface area contributed by atoms with Crippen molar-refractivity contribution in [1.82, 2.24) is 4.31 Å². The Balaban J connectivity index is 1.93. The van der Waals surface area contributed by atoms with Gasteiger partial charge in [-0.05, 0) is 55.7 Å². The van der Waals surface area contributed by atoms with Crippen molar-refractivity contribution in [3.05, 3.63) is 47.5 Å². The van der Waals surface area contributed by atoms with E-state index in [-0.39, 0.29) is 17.7 Å². The Kier molecular flexibility index (Phi) is 6.02. The van der Waals surface area contributed by atoms with Gasteiger partial charge in [0.2, 0.25) is 11.8 Å². The zero-order valence-electron chi connectivity index (χ0n) is 17.3. The van der Waals surface area contributed by atoms with E-state index in [1.807, 2.05) is 6.92 Å². The fourth-order valence-corrected chi connectivity index (χ4v) is 5.00. The van der Waals surface area contributed by atoms with Crippen LogP contribution in [-0.4, -0.2) is 44.8 Å². The Hall–Kier alpha value is -3.07. The number of nitrogens with one attached hydrogen (secondary N) is 1. The van der Waals surface area contributed by atoms with Crippen molar-refractivity contribution < 1.29 is 27.5 Å². The molecule has 0 bridgehead atoms. The van der Waals surface area contributed by atoms with E-state index in [0.29, 0.717) is 21.5 Å². The largest absolute Gasteiger partial charge is 0.497 e. The van der Waals surface area contributed by atoms with Crippen LogP contribution < -0.4 is 14.8 Å². The first kappa shape index (κ1) is 21.6. The van der Waals surface area contributed by atoms with Crippen molar-refractivity contribution in [1.29, 1.82) is 0 Å². The maximum Gasteiger partial charge on any atom is 0.267 e. The second-order valence-corrected chi connectivity index (χ2v) is 8.87. The summed E-state index contributed by atoms with van der Waals surface area (Å²) in [6.07, 6.45) is 0.0679. The molecule has 0 spiro atoms. The first-order valence-corrected chi connectivity index (χ1v) is 10.8. The van der Waals surface area contributed by atoms with Crippen molar-refractivity contribution in [2.45, 2.75) is 37.6 Å². The van der Waals surface area contributed by atoms with Crippen LogP contribution in [0.25, 0.3) is 0 Å². The molecule has 1 saturated heterocycles. The van der Waals surface area contributed by atoms with Crippen molar-refractivity contribution in [3.8, 4) is 11.5 Å². The molecule has 8 nitrogen and oxygen atoms in total. The van der Waals surface area contributed by atoms with Gasteiger partial charge < -0.3 is 14.8 Å². The summed E-state index contributed by atoms with van der Waals surface area (Å²) in [6.45, 7) is 3.66. The lowest BCUT2D eigenvalue weighted by atomic mass is 10.1. The number of carbonyl (C=O) groups excluding carboxylic acids is 2. The molecule has 0 saturated carbocycles. The van der Waals surface area contributed by atoms with Crippen LogP contribution in [-0.2, 0) is 19.6 Å². The molecule has 0 aliphatic carbocycles. The lowest BCUT2D eigenvalue weighted by Crippen LogP contribution is -2.45. The number of anilines is 1. The van der Waals surface area contributed by atoms with Gasteiger partial charge in [-0.2, -0.15) is 0 Å². The lowest BCUT2D eigenvalue weighted by molar-refractivity contribution is -0.128. The van der Waals surface area contributed by atoms with Gasteiger partial charge in [0.25, 0.3) is 10.0 Å². The average Bonchev–Trinajstić information content (AvgIpc) is 3.12. The van der Waals surface area contributed by atoms with Crippen LogP contribution in [0.4, 0.5) is 5.69 Å². The van der Waals surface area contributed by atoms with Crippen LogP contribution in [0.5, 0.6) is 11.5 Å². The van der Waals surface area contributed by atoms with E-state index in [0.717, 1.165) is 11.1 Å². The number of benzene rings is 2. The fraction of sp³-hybridized carbons (Fsp3) is 0.333. The topological polar surface area (TPSA) is 102 Å². The summed E-state index contributed by atoms with van der Waals surface area (Å²) in [5.41, 5.74) is 2.04. The average molecular weight is 432 g/mol. The molecule has 0 unspecified atom stereocenters. The number of amides is 2. The molecule has 2 amide bonds. The summed E-state index contributed by atoms with van der Waals surface area (Å²) in [6, 6.07) is 8.34. The van der Waals surface area contributed by atoms with Gasteiger partial charge in [0.05, 0.1) is 24.8 Å². The van der Waals surface area contributed by atoms with Crippen LogP contribution in [0.15, 0.2) is 41.3 Å². The molecule has 1 N–H and O–H groups in total. The summed E-state index contributed by atoms with van der Waals surface area (Å²) in [4.78, 5) is 25.4. The molecule has 1 aliphatic rings. The minimum atomic E-state index is -4.18. The van der Waals surface area contributed by atoms with E-state index in [1.54, 1.807) is 31.2 Å². The second-order valence-electron chi connectivity index (χ2n) is 7.05. The first-order chi connectivity index (χ1) is 14.2. The van der Waals surface area contributed by atoms with Crippen molar-refractivity contribution >= 4 is 27.5 Å². The molecule has 1 atom stereocenters. The quantitative estimate of drug-likeness (QED) is 0.753. The Labute approximate surface area is 175 Å². The summed E-state index contributed by atoms with van der Waals surface area (Å²) < 4.78 is 37.5. The Morgan fingerprint density at radius 2 is 1.80 bits per heavy atom. The smallest absolute Gasteiger partial charge is 0.267 e. The third-order valence-corrected chi connectivity index (χ3v) is 6.99. The SMILES string of the molecule is COc1ccc(OC)c(NC(=O)[C@@H]2CCC(=O)N2S(=O)(=O)c2ccc(C)c(C)c2)c1. The van der Waals surface area contributed by atoms with Crippen LogP contribution >= 0.6 is 0 Å². The van der Waals surface area contributed by atoms with Crippen LogP contribution in [0.3, 0.4) is 0 Å². The number of hydrogen-bond donors (Lipinski definition) is 1. The summed E-state index contributed by atoms with van der Waals surface area (Å²) in [5, 5.41) is 2.67. The van der Waals surface area contributed by atoms with Gasteiger partial charge in [0.1, 0.15) is 17.5 Å². The first-order valence-electron chi connectivity index (χ1n) is 9.36. The maximum atomic E-state index is 13.2. The Morgan fingerprint density at radius 3 is 2.43 bits per heavy atom. The Bertz CT molecular complexity index is 1100. The predicted octanol–water partition coefficient (Wildman–Crippen LogP) is 2.64. The highest BCUT2D eigenvalue weighted by molar-refractivity contribution is 7.89. The minimum absolute atomic E-state index is 0.0161. The highest BCUT2D eigenvalue weighted by atomic mass is 32.2. The molecule has 0 radical (unpaired) electrons. The molecular weight excluding hydrogens is 408 g/mol. The Morgan fingerprint density at radius 1 is 1.07 bits per heavy atom. The molecule has 160 valence electrons. The van der Waals surface area contributed by atoms with Gasteiger partial charge in [-0.15, -0.1) is 0 Å². The molecule has 30 heavy (non-hydrogen) atoms. The van der Waals surface area contributed by atoms with Gasteiger partial charge >= 0.3 is 0 Å². The molecule has 2 aromatic rings. The molecule has 9 heteroatoms. The highest BCUT2D eigenvalue weighted by Crippen LogP contribution is 2.32. The van der Waals surface area contributed by atoms with E-state index in [2.05, 4.69) is 5.32 Å². The second kappa shape index (κ2) is 8.35. The fourth-order valence-electron chi connectivity index (χ4n) is 3.32. The number of methoxy groups -OCH3 is 2. The predicted molar refractivity (Wildman–Crippen MR) is 111 cm³/mol. The normalized spacial score (nSPS) is 16.5. The summed E-state index contributed by atoms with van der Waals surface area (Å²) >= 11 is 0. The number of ether oxygens (including phenoxy) is 2. The third kappa shape index (κ3) is 3.97. The van der Waals surface area contributed by atoms with E-state index < -0.39 is 27.9 Å². The van der Waals surface area contributed by atoms with Gasteiger partial charge in [-0.25, -0.2) is 12.7 Å². The van der Waals surface area contributed by atoms with E-state index in [1.165, 1.54) is 26.4 Å². The van der Waals surface area contributed by atoms with Gasteiger partial charge in [0, 0.05) is 12.5 Å². The molecule has 1 aliphatic heterocycles.